The molecule has 0 atom stereocenters. The molecule has 0 radical (unpaired) electrons. The predicted molar refractivity (Wildman–Crippen MR) is 117 cm³/mol. The molecule has 7 nitrogen and oxygen atoms in total. The Morgan fingerprint density at radius 1 is 0.967 bits per heavy atom. The molecule has 3 aromatic rings. The summed E-state index contributed by atoms with van der Waals surface area (Å²) in [6.45, 7) is 0.101. The van der Waals surface area contributed by atoms with Crippen LogP contribution in [0.15, 0.2) is 58.1 Å². The standard InChI is InChI=1S/C22H20N2O5S/c1-28-17-7-5-14(6-8-17)10-18-21(26)24-19(22(27)23-18)11-15-3-2-4-16(9-15)12-29-20(25)13-30/h2-11,30H,12-13H2,1H3,(H,23,27)(H,24,26)/b18-10-,19-11-. The highest BCUT2D eigenvalue weighted by Crippen LogP contribution is 2.11. The Bertz CT molecular complexity index is 1280. The molecule has 0 unspecified atom stereocenters. The fraction of sp³-hybridized carbons (Fsp3) is 0.136. The van der Waals surface area contributed by atoms with Gasteiger partial charge < -0.3 is 19.4 Å². The number of ether oxygens (including phenoxy) is 2. The average Bonchev–Trinajstić information content (AvgIpc) is 2.76. The van der Waals surface area contributed by atoms with Crippen molar-refractivity contribution in [3.8, 4) is 5.75 Å². The normalized spacial score (nSPS) is 12.1. The van der Waals surface area contributed by atoms with E-state index >= 15 is 0 Å². The predicted octanol–water partition coefficient (Wildman–Crippen LogP) is 0.702. The number of aromatic nitrogens is 2. The van der Waals surface area contributed by atoms with Gasteiger partial charge in [-0.25, -0.2) is 0 Å². The molecule has 0 aliphatic carbocycles. The summed E-state index contributed by atoms with van der Waals surface area (Å²) < 4.78 is 10.1. The maximum Gasteiger partial charge on any atom is 0.315 e. The van der Waals surface area contributed by atoms with Crippen LogP contribution >= 0.6 is 12.6 Å². The van der Waals surface area contributed by atoms with Gasteiger partial charge in [0.05, 0.1) is 12.9 Å². The molecule has 0 saturated carbocycles. The van der Waals surface area contributed by atoms with Gasteiger partial charge in [0.15, 0.2) is 0 Å². The average molecular weight is 424 g/mol. The van der Waals surface area contributed by atoms with Crippen LogP contribution in [0.4, 0.5) is 0 Å². The molecular formula is C22H20N2O5S. The topological polar surface area (TPSA) is 101 Å². The monoisotopic (exact) mass is 424 g/mol. The highest BCUT2D eigenvalue weighted by Gasteiger charge is 2.02. The molecule has 3 rings (SSSR count). The number of carbonyl (C=O) groups is 1. The fourth-order valence-corrected chi connectivity index (χ4v) is 2.80. The lowest BCUT2D eigenvalue weighted by Crippen LogP contribution is -2.46. The number of thiol groups is 1. The number of H-pyrrole nitrogens is 2. The number of nitrogens with one attached hydrogen (secondary N) is 2. The Hall–Kier alpha value is -3.52. The molecule has 0 amide bonds. The first-order valence-electron chi connectivity index (χ1n) is 9.04. The Morgan fingerprint density at radius 3 is 2.20 bits per heavy atom. The van der Waals surface area contributed by atoms with Gasteiger partial charge in [-0.3, -0.25) is 14.4 Å². The summed E-state index contributed by atoms with van der Waals surface area (Å²) in [5.74, 6) is 0.279. The van der Waals surface area contributed by atoms with E-state index in [2.05, 4.69) is 22.6 Å². The van der Waals surface area contributed by atoms with Gasteiger partial charge in [0.1, 0.15) is 23.1 Å². The molecule has 0 fully saturated rings. The van der Waals surface area contributed by atoms with Crippen molar-refractivity contribution in [2.24, 2.45) is 0 Å². The van der Waals surface area contributed by atoms with E-state index in [0.717, 1.165) is 11.1 Å². The van der Waals surface area contributed by atoms with Crippen LogP contribution in [0, 0.1) is 0 Å². The maximum atomic E-state index is 12.5. The van der Waals surface area contributed by atoms with Gasteiger partial charge in [0.25, 0.3) is 11.1 Å². The molecule has 1 heterocycles. The van der Waals surface area contributed by atoms with Gasteiger partial charge in [0.2, 0.25) is 0 Å². The van der Waals surface area contributed by atoms with Crippen molar-refractivity contribution in [2.75, 3.05) is 12.9 Å². The van der Waals surface area contributed by atoms with E-state index in [0.29, 0.717) is 11.3 Å². The van der Waals surface area contributed by atoms with Gasteiger partial charge in [-0.05, 0) is 47.0 Å². The van der Waals surface area contributed by atoms with Crippen molar-refractivity contribution >= 4 is 30.8 Å². The molecule has 8 heteroatoms. The highest BCUT2D eigenvalue weighted by molar-refractivity contribution is 7.81. The minimum Gasteiger partial charge on any atom is -0.497 e. The van der Waals surface area contributed by atoms with E-state index in [1.54, 1.807) is 67.8 Å². The molecule has 2 aromatic carbocycles. The summed E-state index contributed by atoms with van der Waals surface area (Å²) >= 11 is 3.86. The number of hydrogen-bond donors (Lipinski definition) is 3. The molecule has 0 spiro atoms. The van der Waals surface area contributed by atoms with Crippen LogP contribution in [0.5, 0.6) is 5.75 Å². The summed E-state index contributed by atoms with van der Waals surface area (Å²) in [5.41, 5.74) is 1.33. The zero-order valence-corrected chi connectivity index (χ0v) is 17.1. The first-order chi connectivity index (χ1) is 14.5. The van der Waals surface area contributed by atoms with Crippen molar-refractivity contribution in [1.82, 2.24) is 9.97 Å². The van der Waals surface area contributed by atoms with Gasteiger partial charge in [-0.1, -0.05) is 30.3 Å². The van der Waals surface area contributed by atoms with Gasteiger partial charge >= 0.3 is 5.97 Å². The van der Waals surface area contributed by atoms with E-state index in [-0.39, 0.29) is 23.1 Å². The van der Waals surface area contributed by atoms with Gasteiger partial charge in [0, 0.05) is 0 Å². The lowest BCUT2D eigenvalue weighted by molar-refractivity contribution is -0.141. The minimum atomic E-state index is -0.429. The molecule has 0 aliphatic heterocycles. The molecule has 0 bridgehead atoms. The Balaban J connectivity index is 1.92. The Kier molecular flexibility index (Phi) is 6.92. The van der Waals surface area contributed by atoms with Crippen molar-refractivity contribution in [1.29, 1.82) is 0 Å². The van der Waals surface area contributed by atoms with Crippen LogP contribution in [0.25, 0.3) is 12.2 Å². The van der Waals surface area contributed by atoms with Gasteiger partial charge in [-0.2, -0.15) is 12.6 Å². The number of methoxy groups -OCH3 is 1. The second-order valence-corrected chi connectivity index (χ2v) is 6.68. The summed E-state index contributed by atoms with van der Waals surface area (Å²) in [6, 6.07) is 14.2. The molecule has 30 heavy (non-hydrogen) atoms. The number of esters is 1. The van der Waals surface area contributed by atoms with Crippen LogP contribution < -0.4 is 26.6 Å². The molecule has 0 saturated heterocycles. The molecule has 154 valence electrons. The summed E-state index contributed by atoms with van der Waals surface area (Å²) in [7, 11) is 1.57. The number of hydrogen-bond acceptors (Lipinski definition) is 6. The number of rotatable bonds is 6. The summed E-state index contributed by atoms with van der Waals surface area (Å²) in [5, 5.41) is 0.270. The first kappa shape index (κ1) is 21.2. The van der Waals surface area contributed by atoms with Crippen molar-refractivity contribution in [2.45, 2.75) is 6.61 Å². The van der Waals surface area contributed by atoms with E-state index in [1.165, 1.54) is 0 Å². The lowest BCUT2D eigenvalue weighted by atomic mass is 10.1. The molecular weight excluding hydrogens is 404 g/mol. The molecule has 1 aromatic heterocycles. The van der Waals surface area contributed by atoms with E-state index in [9.17, 15) is 14.4 Å². The van der Waals surface area contributed by atoms with Crippen molar-refractivity contribution < 1.29 is 14.3 Å². The number of aromatic amines is 2. The molecule has 0 aliphatic rings. The second-order valence-electron chi connectivity index (χ2n) is 6.36. The second kappa shape index (κ2) is 9.80. The van der Waals surface area contributed by atoms with Crippen LogP contribution in [0.3, 0.4) is 0 Å². The third-order valence-electron chi connectivity index (χ3n) is 4.20. The SMILES string of the molecule is COc1ccc(/C=c2\[nH]c(=O)/c(=C/c3cccc(COC(=O)CS)c3)[nH]c2=O)cc1. The van der Waals surface area contributed by atoms with Crippen molar-refractivity contribution in [3.63, 3.8) is 0 Å². The van der Waals surface area contributed by atoms with Gasteiger partial charge in [-0.15, -0.1) is 0 Å². The third-order valence-corrected chi connectivity index (χ3v) is 4.46. The summed E-state index contributed by atoms with van der Waals surface area (Å²) in [6.07, 6.45) is 3.14. The van der Waals surface area contributed by atoms with Crippen LogP contribution in [-0.2, 0) is 16.1 Å². The van der Waals surface area contributed by atoms with Crippen LogP contribution in [0.1, 0.15) is 16.7 Å². The molecule has 2 N–H and O–H groups in total. The fourth-order valence-electron chi connectivity index (χ4n) is 2.71. The third kappa shape index (κ3) is 5.51. The minimum absolute atomic E-state index is 0.00230. The zero-order valence-electron chi connectivity index (χ0n) is 16.2. The Morgan fingerprint density at radius 2 is 1.60 bits per heavy atom. The van der Waals surface area contributed by atoms with E-state index < -0.39 is 17.1 Å². The first-order valence-corrected chi connectivity index (χ1v) is 9.67. The lowest BCUT2D eigenvalue weighted by Gasteiger charge is -2.04. The summed E-state index contributed by atoms with van der Waals surface area (Å²) in [4.78, 5) is 41.3. The smallest absolute Gasteiger partial charge is 0.315 e. The van der Waals surface area contributed by atoms with Crippen molar-refractivity contribution in [3.05, 3.63) is 96.6 Å². The zero-order chi connectivity index (χ0) is 21.5. The Labute approximate surface area is 177 Å². The number of benzene rings is 2. The van der Waals surface area contributed by atoms with E-state index in [4.69, 9.17) is 9.47 Å². The van der Waals surface area contributed by atoms with Crippen LogP contribution in [-0.4, -0.2) is 28.8 Å². The maximum absolute atomic E-state index is 12.5. The quantitative estimate of drug-likeness (QED) is 0.400. The largest absolute Gasteiger partial charge is 0.497 e. The van der Waals surface area contributed by atoms with Crippen LogP contribution in [0.2, 0.25) is 0 Å². The van der Waals surface area contributed by atoms with E-state index in [1.807, 2.05) is 0 Å². The number of carbonyl (C=O) groups excluding carboxylic acids is 1. The highest BCUT2D eigenvalue weighted by atomic mass is 32.1.